The number of rotatable bonds is 6. The highest BCUT2D eigenvalue weighted by Crippen LogP contribution is 2.25. The number of para-hydroxylation sites is 2. The molecule has 0 spiro atoms. The summed E-state index contributed by atoms with van der Waals surface area (Å²) in [5.41, 5.74) is 3.48. The number of ether oxygens (including phenoxy) is 2. The lowest BCUT2D eigenvalue weighted by atomic mass is 10.1. The standard InChI is InChI=1S/C26H23N3O4/c1-16-21(15-18-14-20(32-2)12-13-22(18)27-16)26(31)28-19-10-8-17(9-11-19)25(30)29-23-6-4-5-7-24(23)33-3/h4-15H,1-3H3,(H,28,31)(H,29,30). The van der Waals surface area contributed by atoms with Crippen LogP contribution in [0.1, 0.15) is 26.4 Å². The molecule has 1 aromatic heterocycles. The number of nitrogens with one attached hydrogen (secondary N) is 2. The summed E-state index contributed by atoms with van der Waals surface area (Å²) in [7, 11) is 3.14. The zero-order chi connectivity index (χ0) is 23.4. The number of benzene rings is 3. The van der Waals surface area contributed by atoms with Gasteiger partial charge in [-0.3, -0.25) is 14.6 Å². The Bertz CT molecular complexity index is 1330. The van der Waals surface area contributed by atoms with Crippen molar-refractivity contribution in [1.82, 2.24) is 4.98 Å². The van der Waals surface area contributed by atoms with Gasteiger partial charge in [0.2, 0.25) is 0 Å². The predicted octanol–water partition coefficient (Wildman–Crippen LogP) is 5.07. The molecular formula is C26H23N3O4. The Kier molecular flexibility index (Phi) is 6.22. The van der Waals surface area contributed by atoms with E-state index in [-0.39, 0.29) is 11.8 Å². The molecule has 0 unspecified atom stereocenters. The summed E-state index contributed by atoms with van der Waals surface area (Å²) in [5, 5.41) is 6.51. The second-order valence-corrected chi connectivity index (χ2v) is 7.37. The van der Waals surface area contributed by atoms with E-state index in [4.69, 9.17) is 9.47 Å². The van der Waals surface area contributed by atoms with Gasteiger partial charge in [-0.1, -0.05) is 12.1 Å². The van der Waals surface area contributed by atoms with Crippen molar-refractivity contribution in [3.05, 3.63) is 89.6 Å². The third-order valence-corrected chi connectivity index (χ3v) is 5.22. The molecule has 2 N–H and O–H groups in total. The Morgan fingerprint density at radius 1 is 0.818 bits per heavy atom. The van der Waals surface area contributed by atoms with Crippen LogP contribution in [0.25, 0.3) is 10.9 Å². The van der Waals surface area contributed by atoms with E-state index in [1.165, 1.54) is 0 Å². The van der Waals surface area contributed by atoms with Crippen LogP contribution in [0.5, 0.6) is 11.5 Å². The Morgan fingerprint density at radius 3 is 2.30 bits per heavy atom. The summed E-state index contributed by atoms with van der Waals surface area (Å²) in [4.78, 5) is 30.0. The minimum atomic E-state index is -0.282. The van der Waals surface area contributed by atoms with Crippen molar-refractivity contribution in [3.63, 3.8) is 0 Å². The number of anilines is 2. The number of aryl methyl sites for hydroxylation is 1. The number of amides is 2. The van der Waals surface area contributed by atoms with Gasteiger partial charge in [0.1, 0.15) is 11.5 Å². The molecule has 1 heterocycles. The van der Waals surface area contributed by atoms with Crippen LogP contribution < -0.4 is 20.1 Å². The number of carbonyl (C=O) groups is 2. The monoisotopic (exact) mass is 441 g/mol. The number of carbonyl (C=O) groups excluding carboxylic acids is 2. The molecule has 0 atom stereocenters. The van der Waals surface area contributed by atoms with Gasteiger partial charge >= 0.3 is 0 Å². The highest BCUT2D eigenvalue weighted by atomic mass is 16.5. The van der Waals surface area contributed by atoms with Crippen LogP contribution >= 0.6 is 0 Å². The van der Waals surface area contributed by atoms with Crippen molar-refractivity contribution in [2.45, 2.75) is 6.92 Å². The van der Waals surface area contributed by atoms with Crippen LogP contribution in [0.15, 0.2) is 72.8 Å². The summed E-state index contributed by atoms with van der Waals surface area (Å²) in [5.74, 6) is 0.713. The van der Waals surface area contributed by atoms with Gasteiger partial charge in [0, 0.05) is 16.6 Å². The molecule has 0 aliphatic heterocycles. The highest BCUT2D eigenvalue weighted by molar-refractivity contribution is 6.08. The molecule has 0 aliphatic carbocycles. The average molecular weight is 441 g/mol. The summed E-state index contributed by atoms with van der Waals surface area (Å²) in [6.07, 6.45) is 0. The van der Waals surface area contributed by atoms with Gasteiger partial charge in [0.15, 0.2) is 0 Å². The maximum absolute atomic E-state index is 12.9. The van der Waals surface area contributed by atoms with Crippen molar-refractivity contribution in [2.24, 2.45) is 0 Å². The van der Waals surface area contributed by atoms with Crippen molar-refractivity contribution in [3.8, 4) is 11.5 Å². The van der Waals surface area contributed by atoms with Crippen molar-refractivity contribution >= 4 is 34.1 Å². The molecule has 166 valence electrons. The molecule has 7 nitrogen and oxygen atoms in total. The maximum atomic E-state index is 12.9. The highest BCUT2D eigenvalue weighted by Gasteiger charge is 2.14. The van der Waals surface area contributed by atoms with E-state index in [0.717, 1.165) is 10.9 Å². The molecule has 0 bridgehead atoms. The molecule has 0 saturated heterocycles. The molecule has 0 radical (unpaired) electrons. The van der Waals surface area contributed by atoms with E-state index < -0.39 is 0 Å². The first kappa shape index (κ1) is 21.8. The van der Waals surface area contributed by atoms with Gasteiger partial charge < -0.3 is 20.1 Å². The van der Waals surface area contributed by atoms with Crippen molar-refractivity contribution < 1.29 is 19.1 Å². The van der Waals surface area contributed by atoms with Crippen LogP contribution in [0, 0.1) is 6.92 Å². The number of pyridine rings is 1. The Hall–Kier alpha value is -4.39. The van der Waals surface area contributed by atoms with Crippen LogP contribution in [-0.4, -0.2) is 31.0 Å². The van der Waals surface area contributed by atoms with Crippen LogP contribution in [-0.2, 0) is 0 Å². The largest absolute Gasteiger partial charge is 0.497 e. The number of nitrogens with zero attached hydrogens (tertiary/aromatic N) is 1. The fourth-order valence-corrected chi connectivity index (χ4v) is 3.45. The normalized spacial score (nSPS) is 10.5. The molecule has 33 heavy (non-hydrogen) atoms. The predicted molar refractivity (Wildman–Crippen MR) is 128 cm³/mol. The van der Waals surface area contributed by atoms with E-state index in [2.05, 4.69) is 15.6 Å². The average Bonchev–Trinajstić information content (AvgIpc) is 2.84. The van der Waals surface area contributed by atoms with E-state index in [0.29, 0.717) is 39.7 Å². The van der Waals surface area contributed by atoms with E-state index >= 15 is 0 Å². The van der Waals surface area contributed by atoms with E-state index in [1.807, 2.05) is 30.3 Å². The lowest BCUT2D eigenvalue weighted by Crippen LogP contribution is -2.15. The third-order valence-electron chi connectivity index (χ3n) is 5.22. The van der Waals surface area contributed by atoms with Crippen LogP contribution in [0.2, 0.25) is 0 Å². The summed E-state index contributed by atoms with van der Waals surface area (Å²) >= 11 is 0. The Morgan fingerprint density at radius 2 is 1.58 bits per heavy atom. The molecule has 4 aromatic rings. The van der Waals surface area contributed by atoms with Crippen LogP contribution in [0.4, 0.5) is 11.4 Å². The Balaban J connectivity index is 1.49. The van der Waals surface area contributed by atoms with Gasteiger partial charge in [-0.2, -0.15) is 0 Å². The van der Waals surface area contributed by atoms with E-state index in [9.17, 15) is 9.59 Å². The number of aromatic nitrogens is 1. The smallest absolute Gasteiger partial charge is 0.257 e. The van der Waals surface area contributed by atoms with Gasteiger partial charge in [0.05, 0.1) is 36.7 Å². The summed E-state index contributed by atoms with van der Waals surface area (Å²) in [6.45, 7) is 1.80. The first-order chi connectivity index (χ1) is 16.0. The SMILES string of the molecule is COc1ccc2nc(C)c(C(=O)Nc3ccc(C(=O)Nc4ccccc4OC)cc3)cc2c1. The molecule has 4 rings (SSSR count). The zero-order valence-electron chi connectivity index (χ0n) is 18.5. The summed E-state index contributed by atoms with van der Waals surface area (Å²) in [6, 6.07) is 21.2. The molecule has 0 aliphatic rings. The quantitative estimate of drug-likeness (QED) is 0.436. The number of hydrogen-bond donors (Lipinski definition) is 2. The van der Waals surface area contributed by atoms with Gasteiger partial charge in [-0.15, -0.1) is 0 Å². The molecule has 3 aromatic carbocycles. The first-order valence-electron chi connectivity index (χ1n) is 10.3. The second-order valence-electron chi connectivity index (χ2n) is 7.37. The minimum absolute atomic E-state index is 0.277. The Labute approximate surface area is 191 Å². The topological polar surface area (TPSA) is 89.5 Å². The lowest BCUT2D eigenvalue weighted by molar-refractivity contribution is 0.101. The fourth-order valence-electron chi connectivity index (χ4n) is 3.45. The van der Waals surface area contributed by atoms with Gasteiger partial charge in [0.25, 0.3) is 11.8 Å². The first-order valence-corrected chi connectivity index (χ1v) is 10.3. The lowest BCUT2D eigenvalue weighted by Gasteiger charge is -2.11. The van der Waals surface area contributed by atoms with Crippen molar-refractivity contribution in [2.75, 3.05) is 24.9 Å². The number of hydrogen-bond acceptors (Lipinski definition) is 5. The molecule has 7 heteroatoms. The number of fused-ring (bicyclic) bond motifs is 1. The summed E-state index contributed by atoms with van der Waals surface area (Å²) < 4.78 is 10.5. The molecule has 0 fully saturated rings. The van der Waals surface area contributed by atoms with Gasteiger partial charge in [-0.05, 0) is 67.6 Å². The second kappa shape index (κ2) is 9.40. The van der Waals surface area contributed by atoms with Gasteiger partial charge in [-0.25, -0.2) is 0 Å². The molecule has 2 amide bonds. The minimum Gasteiger partial charge on any atom is -0.497 e. The van der Waals surface area contributed by atoms with Crippen molar-refractivity contribution in [1.29, 1.82) is 0 Å². The number of methoxy groups -OCH3 is 2. The third kappa shape index (κ3) is 4.77. The van der Waals surface area contributed by atoms with E-state index in [1.54, 1.807) is 63.6 Å². The molecule has 0 saturated carbocycles. The molecular weight excluding hydrogens is 418 g/mol. The van der Waals surface area contributed by atoms with Crippen LogP contribution in [0.3, 0.4) is 0 Å². The maximum Gasteiger partial charge on any atom is 0.257 e. The zero-order valence-corrected chi connectivity index (χ0v) is 18.5. The fraction of sp³-hybridized carbons (Fsp3) is 0.115.